The van der Waals surface area contributed by atoms with Crippen LogP contribution in [0.3, 0.4) is 0 Å². The van der Waals surface area contributed by atoms with Crippen LogP contribution in [0.25, 0.3) is 16.5 Å². The van der Waals surface area contributed by atoms with E-state index in [1.165, 1.54) is 33.3 Å². The second-order valence-electron chi connectivity index (χ2n) is 5.76. The van der Waals surface area contributed by atoms with E-state index in [-0.39, 0.29) is 0 Å². The van der Waals surface area contributed by atoms with Crippen molar-refractivity contribution in [3.05, 3.63) is 89.6 Å². The van der Waals surface area contributed by atoms with Crippen molar-refractivity contribution < 1.29 is 0 Å². The Morgan fingerprint density at radius 2 is 1.73 bits per heavy atom. The van der Waals surface area contributed by atoms with Gasteiger partial charge in [-0.15, -0.1) is 0 Å². The fourth-order valence-electron chi connectivity index (χ4n) is 3.25. The Hall–Kier alpha value is -2.54. The number of fused-ring (bicyclic) bond motifs is 3. The van der Waals surface area contributed by atoms with Crippen molar-refractivity contribution in [3.63, 3.8) is 0 Å². The summed E-state index contributed by atoms with van der Waals surface area (Å²) in [6, 6.07) is 21.7. The molecule has 1 aliphatic heterocycles. The zero-order valence-corrected chi connectivity index (χ0v) is 12.8. The molecule has 108 valence electrons. The van der Waals surface area contributed by atoms with Gasteiger partial charge in [-0.1, -0.05) is 61.5 Å². The number of rotatable bonds is 2. The quantitative estimate of drug-likeness (QED) is 0.592. The molecule has 2 aromatic carbocycles. The molecule has 1 nitrogen and oxygen atoms in total. The van der Waals surface area contributed by atoms with Crippen LogP contribution in [0.2, 0.25) is 0 Å². The van der Waals surface area contributed by atoms with Gasteiger partial charge in [0.15, 0.2) is 0 Å². The molecule has 0 saturated heterocycles. The predicted molar refractivity (Wildman–Crippen MR) is 93.8 cm³/mol. The Bertz CT molecular complexity index is 879. The zero-order chi connectivity index (χ0) is 14.9. The van der Waals surface area contributed by atoms with Crippen molar-refractivity contribution in [2.75, 3.05) is 0 Å². The van der Waals surface area contributed by atoms with E-state index in [4.69, 9.17) is 0 Å². The van der Waals surface area contributed by atoms with Gasteiger partial charge < -0.3 is 4.57 Å². The van der Waals surface area contributed by atoms with Crippen LogP contribution in [0.4, 0.5) is 0 Å². The van der Waals surface area contributed by atoms with E-state index >= 15 is 0 Å². The summed E-state index contributed by atoms with van der Waals surface area (Å²) in [7, 11) is 0. The number of nitrogens with zero attached hydrogens (tertiary/aromatic N) is 1. The first-order valence-electron chi connectivity index (χ1n) is 7.91. The summed E-state index contributed by atoms with van der Waals surface area (Å²) in [5.74, 6) is 0. The first kappa shape index (κ1) is 13.1. The van der Waals surface area contributed by atoms with Crippen LogP contribution in [0, 0.1) is 0 Å². The lowest BCUT2D eigenvalue weighted by molar-refractivity contribution is 0.847. The van der Waals surface area contributed by atoms with Crippen molar-refractivity contribution in [1.29, 1.82) is 0 Å². The Balaban J connectivity index is 1.99. The Labute approximate surface area is 131 Å². The number of allylic oxidation sites excluding steroid dienone is 3. The smallest absolute Gasteiger partial charge is 0.0500 e. The summed E-state index contributed by atoms with van der Waals surface area (Å²) >= 11 is 0. The molecule has 2 heterocycles. The lowest BCUT2D eigenvalue weighted by atomic mass is 9.99. The second kappa shape index (κ2) is 5.34. The minimum atomic E-state index is 0.943. The molecular formula is C21H19N. The molecular weight excluding hydrogens is 266 g/mol. The molecule has 0 saturated carbocycles. The monoisotopic (exact) mass is 285 g/mol. The minimum Gasteiger partial charge on any atom is -0.337 e. The summed E-state index contributed by atoms with van der Waals surface area (Å²) in [6.07, 6.45) is 5.78. The molecule has 3 aromatic rings. The third kappa shape index (κ3) is 2.10. The van der Waals surface area contributed by atoms with E-state index < -0.39 is 0 Å². The van der Waals surface area contributed by atoms with Gasteiger partial charge in [0.05, 0.1) is 0 Å². The van der Waals surface area contributed by atoms with E-state index in [1.807, 2.05) is 0 Å². The first-order chi connectivity index (χ1) is 10.9. The second-order valence-corrected chi connectivity index (χ2v) is 5.76. The SMILES string of the molecule is CCC1=CCn2c(cc3ccccc32)C(c2ccccc2)=C1. The van der Waals surface area contributed by atoms with Crippen molar-refractivity contribution in [2.45, 2.75) is 19.9 Å². The standard InChI is InChI=1S/C21H19N/c1-2-16-12-13-22-20-11-7-6-10-18(20)15-21(22)19(14-16)17-8-4-3-5-9-17/h3-12,14-15H,2,13H2,1H3. The van der Waals surface area contributed by atoms with Gasteiger partial charge in [0.1, 0.15) is 0 Å². The highest BCUT2D eigenvalue weighted by atomic mass is 15.0. The molecule has 1 aliphatic rings. The molecule has 0 radical (unpaired) electrons. The topological polar surface area (TPSA) is 4.93 Å². The summed E-state index contributed by atoms with van der Waals surface area (Å²) < 4.78 is 2.43. The third-order valence-corrected chi connectivity index (χ3v) is 4.45. The van der Waals surface area contributed by atoms with Crippen LogP contribution in [0.1, 0.15) is 24.6 Å². The minimum absolute atomic E-state index is 0.943. The number of hydrogen-bond donors (Lipinski definition) is 0. The van der Waals surface area contributed by atoms with Gasteiger partial charge in [0.2, 0.25) is 0 Å². The lowest BCUT2D eigenvalue weighted by Crippen LogP contribution is -2.00. The fraction of sp³-hybridized carbons (Fsp3) is 0.143. The predicted octanol–water partition coefficient (Wildman–Crippen LogP) is 5.42. The van der Waals surface area contributed by atoms with Gasteiger partial charge in [-0.05, 0) is 35.8 Å². The van der Waals surface area contributed by atoms with Gasteiger partial charge in [0.25, 0.3) is 0 Å². The first-order valence-corrected chi connectivity index (χ1v) is 7.91. The maximum atomic E-state index is 2.43. The molecule has 0 atom stereocenters. The average Bonchev–Trinajstić information content (AvgIpc) is 2.84. The van der Waals surface area contributed by atoms with Crippen LogP contribution in [-0.2, 0) is 6.54 Å². The van der Waals surface area contributed by atoms with Crippen molar-refractivity contribution in [3.8, 4) is 0 Å². The molecule has 0 amide bonds. The highest BCUT2D eigenvalue weighted by molar-refractivity contribution is 5.90. The molecule has 4 rings (SSSR count). The molecule has 0 bridgehead atoms. The Kier molecular flexibility index (Phi) is 3.19. The maximum absolute atomic E-state index is 2.43. The summed E-state index contributed by atoms with van der Waals surface area (Å²) in [5.41, 5.74) is 6.64. The molecule has 0 fully saturated rings. The van der Waals surface area contributed by atoms with Crippen LogP contribution in [-0.4, -0.2) is 4.57 Å². The van der Waals surface area contributed by atoms with Gasteiger partial charge >= 0.3 is 0 Å². The lowest BCUT2D eigenvalue weighted by Gasteiger charge is -2.10. The summed E-state index contributed by atoms with van der Waals surface area (Å²) in [4.78, 5) is 0. The summed E-state index contributed by atoms with van der Waals surface area (Å²) in [5, 5.41) is 1.31. The Morgan fingerprint density at radius 3 is 2.55 bits per heavy atom. The maximum Gasteiger partial charge on any atom is 0.0500 e. The van der Waals surface area contributed by atoms with Crippen molar-refractivity contribution >= 4 is 16.5 Å². The van der Waals surface area contributed by atoms with E-state index in [1.54, 1.807) is 0 Å². The van der Waals surface area contributed by atoms with Crippen LogP contribution >= 0.6 is 0 Å². The van der Waals surface area contributed by atoms with Crippen LogP contribution in [0.15, 0.2) is 78.4 Å². The van der Waals surface area contributed by atoms with Crippen molar-refractivity contribution in [1.82, 2.24) is 4.57 Å². The zero-order valence-electron chi connectivity index (χ0n) is 12.8. The van der Waals surface area contributed by atoms with Crippen LogP contribution < -0.4 is 0 Å². The number of hydrogen-bond acceptors (Lipinski definition) is 0. The third-order valence-electron chi connectivity index (χ3n) is 4.45. The average molecular weight is 285 g/mol. The molecule has 0 aliphatic carbocycles. The number of aromatic nitrogens is 1. The fourth-order valence-corrected chi connectivity index (χ4v) is 3.25. The Morgan fingerprint density at radius 1 is 0.955 bits per heavy atom. The largest absolute Gasteiger partial charge is 0.337 e. The highest BCUT2D eigenvalue weighted by Crippen LogP contribution is 2.33. The van der Waals surface area contributed by atoms with Crippen molar-refractivity contribution in [2.24, 2.45) is 0 Å². The number of benzene rings is 2. The van der Waals surface area contributed by atoms with Gasteiger partial charge in [-0.3, -0.25) is 0 Å². The van der Waals surface area contributed by atoms with Gasteiger partial charge in [-0.25, -0.2) is 0 Å². The highest BCUT2D eigenvalue weighted by Gasteiger charge is 2.16. The molecule has 1 aromatic heterocycles. The van der Waals surface area contributed by atoms with Gasteiger partial charge in [-0.2, -0.15) is 0 Å². The van der Waals surface area contributed by atoms with Crippen LogP contribution in [0.5, 0.6) is 0 Å². The van der Waals surface area contributed by atoms with E-state index in [2.05, 4.69) is 84.3 Å². The van der Waals surface area contributed by atoms with E-state index in [0.717, 1.165) is 13.0 Å². The molecule has 0 unspecified atom stereocenters. The summed E-state index contributed by atoms with van der Waals surface area (Å²) in [6.45, 7) is 3.17. The molecule has 22 heavy (non-hydrogen) atoms. The van der Waals surface area contributed by atoms with E-state index in [9.17, 15) is 0 Å². The number of para-hydroxylation sites is 1. The van der Waals surface area contributed by atoms with Gasteiger partial charge in [0, 0.05) is 28.7 Å². The normalized spacial score (nSPS) is 14.2. The molecule has 0 spiro atoms. The van der Waals surface area contributed by atoms with E-state index in [0.29, 0.717) is 0 Å². The molecule has 0 N–H and O–H groups in total. The molecule has 1 heteroatoms.